The number of anilines is 1. The Balaban J connectivity index is 1.64. The van der Waals surface area contributed by atoms with Gasteiger partial charge < -0.3 is 20.3 Å². The maximum Gasteiger partial charge on any atom is 0.481 e. The number of nitrogens with one attached hydrogen (secondary N) is 1. The van der Waals surface area contributed by atoms with E-state index in [1.54, 1.807) is 6.92 Å². The largest absolute Gasteiger partial charge is 0.481 e. The molecule has 0 saturated carbocycles. The normalized spacial score (nSPS) is 25.8. The Morgan fingerprint density at radius 3 is 2.64 bits per heavy atom. The number of nitrogen functional groups attached to an aromatic ring is 1. The number of aromatic nitrogens is 4. The molecule has 2 aromatic heterocycles. The molecule has 1 aliphatic rings. The van der Waals surface area contributed by atoms with Crippen molar-refractivity contribution in [3.8, 4) is 0 Å². The van der Waals surface area contributed by atoms with Crippen LogP contribution in [-0.2, 0) is 36.8 Å². The highest BCUT2D eigenvalue weighted by molar-refractivity contribution is 7.66. The summed E-state index contributed by atoms with van der Waals surface area (Å²) >= 11 is 0. The van der Waals surface area contributed by atoms with Crippen molar-refractivity contribution in [2.24, 2.45) is 5.41 Å². The molecule has 7 atom stereocenters. The minimum absolute atomic E-state index is 0.0951. The second kappa shape index (κ2) is 11.8. The van der Waals surface area contributed by atoms with Crippen LogP contribution < -0.4 is 10.8 Å². The number of esters is 1. The number of ether oxygens (including phenoxy) is 2. The molecule has 0 bridgehead atoms. The molecular formula is C21H35FN6O9P2. The van der Waals surface area contributed by atoms with Crippen molar-refractivity contribution < 1.29 is 46.3 Å². The Hall–Kier alpha value is -2.03. The van der Waals surface area contributed by atoms with Gasteiger partial charge >= 0.3 is 13.8 Å². The lowest BCUT2D eigenvalue weighted by molar-refractivity contribution is -0.148. The molecule has 1 saturated heterocycles. The number of alkyl halides is 1. The number of carbonyl (C=O) groups is 1. The van der Waals surface area contributed by atoms with Crippen LogP contribution in [0.4, 0.5) is 10.2 Å². The van der Waals surface area contributed by atoms with Crippen molar-refractivity contribution in [1.82, 2.24) is 24.6 Å². The number of nitrogens with zero attached hydrogens (tertiary/aromatic N) is 4. The summed E-state index contributed by atoms with van der Waals surface area (Å²) in [5, 5.41) is 12.9. The Labute approximate surface area is 225 Å². The molecule has 0 amide bonds. The van der Waals surface area contributed by atoms with Crippen molar-refractivity contribution >= 4 is 38.3 Å². The van der Waals surface area contributed by atoms with E-state index in [9.17, 15) is 19.0 Å². The molecule has 0 aromatic carbocycles. The van der Waals surface area contributed by atoms with Gasteiger partial charge in [-0.25, -0.2) is 33.3 Å². The SMILES string of the molecule is COP(=O)(OC[C@H]1O[C@@H](n2cnc3c(N)nc(C)nc32)[C@H](F)C1O)OP(C)(=O)N[C@@H](C)C(=O)OCC(C)(C)C. The van der Waals surface area contributed by atoms with E-state index in [0.29, 0.717) is 5.82 Å². The summed E-state index contributed by atoms with van der Waals surface area (Å²) in [5.41, 5.74) is 6.00. The number of aliphatic hydroxyl groups excluding tert-OH is 1. The molecule has 0 spiro atoms. The molecule has 2 aromatic rings. The van der Waals surface area contributed by atoms with Crippen LogP contribution in [0.25, 0.3) is 11.2 Å². The summed E-state index contributed by atoms with van der Waals surface area (Å²) in [6.45, 7) is 9.16. The first kappa shape index (κ1) is 31.5. The number of aryl methyl sites for hydroxylation is 1. The van der Waals surface area contributed by atoms with E-state index < -0.39 is 58.6 Å². The number of hydrogen-bond acceptors (Lipinski definition) is 13. The topological polar surface area (TPSA) is 199 Å². The van der Waals surface area contributed by atoms with Crippen LogP contribution in [0.15, 0.2) is 6.33 Å². The number of hydrogen-bond donors (Lipinski definition) is 3. The number of rotatable bonds is 11. The van der Waals surface area contributed by atoms with Gasteiger partial charge in [-0.1, -0.05) is 20.8 Å². The Morgan fingerprint density at radius 1 is 1.36 bits per heavy atom. The fourth-order valence-electron chi connectivity index (χ4n) is 3.61. The molecule has 3 rings (SSSR count). The molecule has 1 aliphatic heterocycles. The third kappa shape index (κ3) is 7.80. The van der Waals surface area contributed by atoms with Gasteiger partial charge in [0, 0.05) is 13.8 Å². The van der Waals surface area contributed by atoms with Gasteiger partial charge in [0.25, 0.3) is 7.52 Å². The highest BCUT2D eigenvalue weighted by atomic mass is 31.3. The number of aliphatic hydroxyl groups is 1. The number of phosphoric acid groups is 1. The molecule has 18 heteroatoms. The number of carbonyl (C=O) groups excluding carboxylic acids is 1. The lowest BCUT2D eigenvalue weighted by Gasteiger charge is -2.25. The highest BCUT2D eigenvalue weighted by Gasteiger charge is 2.47. The summed E-state index contributed by atoms with van der Waals surface area (Å²) in [5.74, 6) is -0.277. The summed E-state index contributed by atoms with van der Waals surface area (Å²) in [4.78, 5) is 24.5. The first-order valence-corrected chi connectivity index (χ1v) is 15.5. The molecule has 3 unspecified atom stereocenters. The maximum atomic E-state index is 15.1. The fourth-order valence-corrected chi connectivity index (χ4v) is 7.02. The predicted octanol–water partition coefficient (Wildman–Crippen LogP) is 2.49. The first-order valence-electron chi connectivity index (χ1n) is 11.9. The number of nitrogens with two attached hydrogens (primary N) is 1. The minimum atomic E-state index is -4.53. The van der Waals surface area contributed by atoms with Crippen LogP contribution >= 0.6 is 15.3 Å². The summed E-state index contributed by atoms with van der Waals surface area (Å²) in [6, 6.07) is -1.08. The maximum absolute atomic E-state index is 15.1. The van der Waals surface area contributed by atoms with Gasteiger partial charge in [-0.15, -0.1) is 0 Å². The predicted molar refractivity (Wildman–Crippen MR) is 137 cm³/mol. The summed E-state index contributed by atoms with van der Waals surface area (Å²) in [7, 11) is -7.51. The standard InChI is InChI=1S/C21H35FN6O9P2/c1-11(20(30)34-9-21(3,4)5)27-38(7,31)37-39(32,33-6)35-8-13-16(29)14(22)19(36-13)28-10-24-15-17(23)25-12(2)26-18(15)28/h10-11,13-14,16,19,29H,8-9H2,1-7H3,(H,27,31)(H2,23,25,26)/t11-,13+,14+,16?,19+,38?,39?/m0/s1. The van der Waals surface area contributed by atoms with Crippen molar-refractivity contribution in [3.63, 3.8) is 0 Å². The van der Waals surface area contributed by atoms with Crippen molar-refractivity contribution in [2.45, 2.75) is 65.3 Å². The zero-order chi connectivity index (χ0) is 29.3. The third-order valence-corrected chi connectivity index (χ3v) is 9.25. The van der Waals surface area contributed by atoms with Gasteiger partial charge in [0.05, 0.1) is 19.5 Å². The monoisotopic (exact) mass is 596 g/mol. The van der Waals surface area contributed by atoms with Gasteiger partial charge in [0.15, 0.2) is 23.9 Å². The molecule has 4 N–H and O–H groups in total. The zero-order valence-corrected chi connectivity index (χ0v) is 24.5. The van der Waals surface area contributed by atoms with Crippen LogP contribution in [0.3, 0.4) is 0 Å². The Bertz CT molecular complexity index is 1290. The van der Waals surface area contributed by atoms with E-state index in [4.69, 9.17) is 28.6 Å². The first-order chi connectivity index (χ1) is 17.9. The second-order valence-corrected chi connectivity index (χ2v) is 14.5. The number of phosphoric ester groups is 1. The summed E-state index contributed by atoms with van der Waals surface area (Å²) < 4.78 is 68.3. The quantitative estimate of drug-likeness (QED) is 0.252. The number of fused-ring (bicyclic) bond motifs is 1. The number of imidazole rings is 1. The summed E-state index contributed by atoms with van der Waals surface area (Å²) in [6.07, 6.45) is -5.10. The van der Waals surface area contributed by atoms with E-state index >= 15 is 4.39 Å². The molecule has 1 fully saturated rings. The van der Waals surface area contributed by atoms with E-state index in [2.05, 4.69) is 20.0 Å². The van der Waals surface area contributed by atoms with Gasteiger partial charge in [0.2, 0.25) is 0 Å². The molecule has 220 valence electrons. The van der Waals surface area contributed by atoms with Crippen LogP contribution in [0, 0.1) is 12.3 Å². The Kier molecular flexibility index (Phi) is 9.56. The van der Waals surface area contributed by atoms with Crippen LogP contribution in [0.1, 0.15) is 39.7 Å². The van der Waals surface area contributed by atoms with Crippen molar-refractivity contribution in [2.75, 3.05) is 32.7 Å². The van der Waals surface area contributed by atoms with Crippen molar-refractivity contribution in [1.29, 1.82) is 0 Å². The molecular weight excluding hydrogens is 561 g/mol. The number of halogens is 1. The minimum Gasteiger partial charge on any atom is -0.464 e. The van der Waals surface area contributed by atoms with Crippen molar-refractivity contribution in [3.05, 3.63) is 12.2 Å². The fraction of sp³-hybridized carbons (Fsp3) is 0.714. The van der Waals surface area contributed by atoms with E-state index in [1.807, 2.05) is 20.8 Å². The van der Waals surface area contributed by atoms with Crippen LogP contribution in [-0.4, -0.2) is 82.0 Å². The lowest BCUT2D eigenvalue weighted by Crippen LogP contribution is -2.35. The van der Waals surface area contributed by atoms with Gasteiger partial charge in [-0.3, -0.25) is 23.0 Å². The average Bonchev–Trinajstić information content (AvgIpc) is 3.36. The van der Waals surface area contributed by atoms with E-state index in [1.165, 1.54) is 17.8 Å². The lowest BCUT2D eigenvalue weighted by atomic mass is 9.99. The van der Waals surface area contributed by atoms with E-state index in [-0.39, 0.29) is 29.0 Å². The second-order valence-electron chi connectivity index (χ2n) is 10.4. The highest BCUT2D eigenvalue weighted by Crippen LogP contribution is 2.61. The Morgan fingerprint density at radius 2 is 2.03 bits per heavy atom. The van der Waals surface area contributed by atoms with Gasteiger partial charge in [-0.2, -0.15) is 0 Å². The van der Waals surface area contributed by atoms with Crippen LogP contribution in [0.2, 0.25) is 0 Å². The van der Waals surface area contributed by atoms with Crippen LogP contribution in [0.5, 0.6) is 0 Å². The molecule has 15 nitrogen and oxygen atoms in total. The van der Waals surface area contributed by atoms with Gasteiger partial charge in [0.1, 0.15) is 29.6 Å². The molecule has 0 radical (unpaired) electrons. The third-order valence-electron chi connectivity index (χ3n) is 5.43. The molecule has 3 heterocycles. The average molecular weight is 596 g/mol. The zero-order valence-electron chi connectivity index (χ0n) is 22.7. The van der Waals surface area contributed by atoms with E-state index in [0.717, 1.165) is 13.8 Å². The van der Waals surface area contributed by atoms with Gasteiger partial charge in [-0.05, 0) is 19.3 Å². The smallest absolute Gasteiger partial charge is 0.464 e. The molecule has 39 heavy (non-hydrogen) atoms. The molecule has 0 aliphatic carbocycles.